The molecule has 1 saturated heterocycles. The number of nitrogens with one attached hydrogen (secondary N) is 1. The van der Waals surface area contributed by atoms with Crippen molar-refractivity contribution in [3.8, 4) is 10.4 Å². The number of thiophene rings is 1. The summed E-state index contributed by atoms with van der Waals surface area (Å²) < 4.78 is 0. The van der Waals surface area contributed by atoms with Crippen LogP contribution in [0.4, 0.5) is 0 Å². The Kier molecular flexibility index (Phi) is 5.86. The molecule has 0 aliphatic carbocycles. The zero-order valence-electron chi connectivity index (χ0n) is 16.0. The van der Waals surface area contributed by atoms with Crippen LogP contribution in [-0.4, -0.2) is 29.8 Å². The third-order valence-electron chi connectivity index (χ3n) is 4.97. The molecule has 0 unspecified atom stereocenters. The van der Waals surface area contributed by atoms with Gasteiger partial charge in [0, 0.05) is 28.9 Å². The van der Waals surface area contributed by atoms with Gasteiger partial charge in [-0.3, -0.25) is 9.59 Å². The Labute approximate surface area is 174 Å². The molecular formula is C24H22N2O2S. The average molecular weight is 403 g/mol. The molecule has 29 heavy (non-hydrogen) atoms. The molecule has 2 heterocycles. The van der Waals surface area contributed by atoms with Crippen LogP contribution in [0.5, 0.6) is 0 Å². The molecule has 0 saturated carbocycles. The molecule has 2 aromatic carbocycles. The van der Waals surface area contributed by atoms with Crippen molar-refractivity contribution in [2.45, 2.75) is 12.5 Å². The van der Waals surface area contributed by atoms with Crippen LogP contribution >= 0.6 is 11.3 Å². The average Bonchev–Trinajstić information content (AvgIpc) is 3.15. The maximum atomic E-state index is 13.0. The number of amides is 2. The summed E-state index contributed by atoms with van der Waals surface area (Å²) in [6.45, 7) is 0.965. The van der Waals surface area contributed by atoms with E-state index in [0.717, 1.165) is 10.4 Å². The molecule has 1 N–H and O–H groups in total. The topological polar surface area (TPSA) is 49.4 Å². The molecule has 4 nitrogen and oxygen atoms in total. The van der Waals surface area contributed by atoms with Gasteiger partial charge in [0.1, 0.15) is 0 Å². The van der Waals surface area contributed by atoms with Crippen molar-refractivity contribution in [2.24, 2.45) is 0 Å². The molecule has 3 aromatic rings. The summed E-state index contributed by atoms with van der Waals surface area (Å²) in [4.78, 5) is 29.1. The van der Waals surface area contributed by atoms with Crippen LogP contribution < -0.4 is 5.32 Å². The van der Waals surface area contributed by atoms with Gasteiger partial charge in [-0.25, -0.2) is 0 Å². The Morgan fingerprint density at radius 2 is 1.72 bits per heavy atom. The highest BCUT2D eigenvalue weighted by Gasteiger charge is 2.28. The highest BCUT2D eigenvalue weighted by molar-refractivity contribution is 7.16. The van der Waals surface area contributed by atoms with E-state index in [1.807, 2.05) is 60.7 Å². The first-order valence-electron chi connectivity index (χ1n) is 9.66. The van der Waals surface area contributed by atoms with E-state index in [4.69, 9.17) is 0 Å². The Balaban J connectivity index is 1.53. The van der Waals surface area contributed by atoms with Gasteiger partial charge < -0.3 is 10.2 Å². The summed E-state index contributed by atoms with van der Waals surface area (Å²) in [6, 6.07) is 23.8. The van der Waals surface area contributed by atoms with Gasteiger partial charge in [-0.2, -0.15) is 0 Å². The Morgan fingerprint density at radius 3 is 2.48 bits per heavy atom. The molecule has 5 heteroatoms. The third kappa shape index (κ3) is 4.63. The van der Waals surface area contributed by atoms with Crippen LogP contribution in [0.3, 0.4) is 0 Å². The van der Waals surface area contributed by atoms with Crippen LogP contribution in [-0.2, 0) is 9.59 Å². The van der Waals surface area contributed by atoms with Crippen LogP contribution in [0.25, 0.3) is 16.5 Å². The minimum atomic E-state index is -0.251. The lowest BCUT2D eigenvalue weighted by atomic mass is 10.0. The van der Waals surface area contributed by atoms with E-state index in [9.17, 15) is 9.59 Å². The van der Waals surface area contributed by atoms with E-state index in [1.54, 1.807) is 22.3 Å². The van der Waals surface area contributed by atoms with E-state index in [2.05, 4.69) is 23.5 Å². The van der Waals surface area contributed by atoms with E-state index in [-0.39, 0.29) is 24.3 Å². The lowest BCUT2D eigenvalue weighted by molar-refractivity contribution is -0.128. The number of nitrogens with zero attached hydrogens (tertiary/aromatic N) is 1. The van der Waals surface area contributed by atoms with Gasteiger partial charge in [0.15, 0.2) is 0 Å². The lowest BCUT2D eigenvalue weighted by Gasteiger charge is -2.28. The van der Waals surface area contributed by atoms with Crippen LogP contribution in [0.2, 0.25) is 0 Å². The number of carbonyl (C=O) groups is 2. The minimum absolute atomic E-state index is 0.0242. The van der Waals surface area contributed by atoms with Gasteiger partial charge in [0.2, 0.25) is 11.8 Å². The summed E-state index contributed by atoms with van der Waals surface area (Å²) in [5.74, 6) is -0.103. The third-order valence-corrected chi connectivity index (χ3v) is 6.07. The normalized spacial score (nSPS) is 17.2. The zero-order chi connectivity index (χ0) is 20.1. The largest absolute Gasteiger partial charge is 0.354 e. The second-order valence-corrected chi connectivity index (χ2v) is 8.03. The maximum Gasteiger partial charge on any atom is 0.247 e. The van der Waals surface area contributed by atoms with Crippen molar-refractivity contribution < 1.29 is 9.59 Å². The van der Waals surface area contributed by atoms with Gasteiger partial charge in [-0.1, -0.05) is 60.7 Å². The maximum absolute atomic E-state index is 13.0. The fourth-order valence-electron chi connectivity index (χ4n) is 3.52. The summed E-state index contributed by atoms with van der Waals surface area (Å²) in [7, 11) is 0. The van der Waals surface area contributed by atoms with E-state index in [0.29, 0.717) is 13.1 Å². The van der Waals surface area contributed by atoms with Crippen molar-refractivity contribution in [1.29, 1.82) is 0 Å². The highest BCUT2D eigenvalue weighted by Crippen LogP contribution is 2.29. The fraction of sp³-hybridized carbons (Fsp3) is 0.167. The predicted octanol–water partition coefficient (Wildman–Crippen LogP) is 4.52. The number of benzene rings is 2. The molecule has 1 fully saturated rings. The molecule has 0 radical (unpaired) electrons. The SMILES string of the molecule is O=C1C[C@H](c2ccccc2)N(C(=O)/C=C\c2ccc(-c3ccccc3)s2)CCN1. The predicted molar refractivity (Wildman–Crippen MR) is 117 cm³/mol. The van der Waals surface area contributed by atoms with Crippen molar-refractivity contribution in [3.63, 3.8) is 0 Å². The Hall–Kier alpha value is -3.18. The fourth-order valence-corrected chi connectivity index (χ4v) is 4.43. The molecule has 0 bridgehead atoms. The number of carbonyl (C=O) groups excluding carboxylic acids is 2. The number of hydrogen-bond donors (Lipinski definition) is 1. The van der Waals surface area contributed by atoms with E-state index >= 15 is 0 Å². The first-order chi connectivity index (χ1) is 14.2. The standard InChI is InChI=1S/C24H22N2O2S/c27-23-17-21(18-7-3-1-4-8-18)26(16-15-25-23)24(28)14-12-20-11-13-22(29-20)19-9-5-2-6-10-19/h1-14,21H,15-17H2,(H,25,27)/b14-12-/t21-/m1/s1. The number of rotatable bonds is 4. The van der Waals surface area contributed by atoms with E-state index < -0.39 is 0 Å². The molecule has 1 atom stereocenters. The molecule has 1 aliphatic rings. The second-order valence-electron chi connectivity index (χ2n) is 6.91. The van der Waals surface area contributed by atoms with Crippen LogP contribution in [0.15, 0.2) is 78.9 Å². The zero-order valence-corrected chi connectivity index (χ0v) is 16.8. The minimum Gasteiger partial charge on any atom is -0.354 e. The summed E-state index contributed by atoms with van der Waals surface area (Å²) >= 11 is 1.65. The van der Waals surface area contributed by atoms with Gasteiger partial charge in [0.25, 0.3) is 0 Å². The Bertz CT molecular complexity index is 1010. The molecule has 1 aliphatic heterocycles. The Morgan fingerprint density at radius 1 is 1.00 bits per heavy atom. The molecule has 4 rings (SSSR count). The second kappa shape index (κ2) is 8.88. The first-order valence-corrected chi connectivity index (χ1v) is 10.5. The van der Waals surface area contributed by atoms with Crippen LogP contribution in [0.1, 0.15) is 22.9 Å². The van der Waals surface area contributed by atoms with Crippen molar-refractivity contribution in [1.82, 2.24) is 10.2 Å². The smallest absolute Gasteiger partial charge is 0.247 e. The van der Waals surface area contributed by atoms with Gasteiger partial charge in [0.05, 0.1) is 12.5 Å². The van der Waals surface area contributed by atoms with Crippen molar-refractivity contribution >= 4 is 29.2 Å². The summed E-state index contributed by atoms with van der Waals surface area (Å²) in [5, 5.41) is 2.87. The van der Waals surface area contributed by atoms with E-state index in [1.165, 1.54) is 10.4 Å². The summed E-state index contributed by atoms with van der Waals surface area (Å²) in [6.07, 6.45) is 3.76. The first kappa shape index (κ1) is 19.2. The lowest BCUT2D eigenvalue weighted by Crippen LogP contribution is -2.35. The molecular weight excluding hydrogens is 380 g/mol. The number of hydrogen-bond acceptors (Lipinski definition) is 3. The van der Waals surface area contributed by atoms with Crippen molar-refractivity contribution in [3.05, 3.63) is 89.3 Å². The molecule has 0 spiro atoms. The van der Waals surface area contributed by atoms with Crippen LogP contribution in [0, 0.1) is 0 Å². The summed E-state index contributed by atoms with van der Waals surface area (Å²) in [5.41, 5.74) is 2.15. The van der Waals surface area contributed by atoms with Crippen molar-refractivity contribution in [2.75, 3.05) is 13.1 Å². The van der Waals surface area contributed by atoms with Gasteiger partial charge in [-0.05, 0) is 29.3 Å². The quantitative estimate of drug-likeness (QED) is 0.653. The van der Waals surface area contributed by atoms with Gasteiger partial charge in [-0.15, -0.1) is 11.3 Å². The molecule has 146 valence electrons. The van der Waals surface area contributed by atoms with Gasteiger partial charge >= 0.3 is 0 Å². The molecule has 2 amide bonds. The monoisotopic (exact) mass is 402 g/mol. The molecule has 1 aromatic heterocycles. The highest BCUT2D eigenvalue weighted by atomic mass is 32.1.